The topological polar surface area (TPSA) is 0 Å². The molecule has 0 saturated heterocycles. The Labute approximate surface area is 275 Å². The lowest BCUT2D eigenvalue weighted by atomic mass is 9.84. The molecular weight excluding hydrogens is 581 g/mol. The minimum atomic E-state index is 1.13. The van der Waals surface area contributed by atoms with Crippen molar-refractivity contribution in [3.05, 3.63) is 177 Å². The second kappa shape index (κ2) is 12.6. The van der Waals surface area contributed by atoms with Crippen LogP contribution in [0.2, 0.25) is 0 Å². The van der Waals surface area contributed by atoms with E-state index >= 15 is 0 Å². The van der Waals surface area contributed by atoms with Gasteiger partial charge in [0.15, 0.2) is 0 Å². The molecule has 0 atom stereocenters. The van der Waals surface area contributed by atoms with E-state index in [1.165, 1.54) is 88.1 Å². The van der Waals surface area contributed by atoms with Crippen molar-refractivity contribution in [1.29, 1.82) is 0 Å². The van der Waals surface area contributed by atoms with Gasteiger partial charge in [0.05, 0.1) is 0 Å². The highest BCUT2D eigenvalue weighted by Crippen LogP contribution is 2.52. The summed E-state index contributed by atoms with van der Waals surface area (Å²) < 4.78 is 0. The van der Waals surface area contributed by atoms with Crippen LogP contribution in [0.15, 0.2) is 156 Å². The molecule has 0 amide bonds. The Balaban J connectivity index is 1.31. The van der Waals surface area contributed by atoms with Crippen molar-refractivity contribution in [2.75, 3.05) is 0 Å². The van der Waals surface area contributed by atoms with Gasteiger partial charge in [0.2, 0.25) is 21.1 Å². The summed E-state index contributed by atoms with van der Waals surface area (Å²) in [5, 5.41) is 0. The van der Waals surface area contributed by atoms with Gasteiger partial charge >= 0.3 is 0 Å². The molecule has 0 bridgehead atoms. The number of benzene rings is 4. The number of fused-ring (bicyclic) bond motifs is 2. The lowest BCUT2D eigenvalue weighted by molar-refractivity contribution is 0.791. The number of hydrogen-bond acceptors (Lipinski definition) is 1. The number of rotatable bonds is 5. The summed E-state index contributed by atoms with van der Waals surface area (Å²) in [6.45, 7) is 0. The smallest absolute Gasteiger partial charge is 0.0888 e. The van der Waals surface area contributed by atoms with Crippen molar-refractivity contribution in [2.45, 2.75) is 38.5 Å². The van der Waals surface area contributed by atoms with Crippen LogP contribution in [-0.2, 0) is 6.42 Å². The highest BCUT2D eigenvalue weighted by Gasteiger charge is 2.32. The molecule has 0 saturated carbocycles. The lowest BCUT2D eigenvalue weighted by Gasteiger charge is -2.29. The molecular formula is C43H35S2+. The van der Waals surface area contributed by atoms with Gasteiger partial charge in [0.1, 0.15) is 0 Å². The molecule has 0 spiro atoms. The van der Waals surface area contributed by atoms with Crippen molar-refractivity contribution >= 4 is 39.2 Å². The first-order valence-corrected chi connectivity index (χ1v) is 17.7. The minimum absolute atomic E-state index is 1.13. The van der Waals surface area contributed by atoms with E-state index in [0.29, 0.717) is 0 Å². The zero-order valence-corrected chi connectivity index (χ0v) is 27.0. The van der Waals surface area contributed by atoms with Crippen LogP contribution in [0, 0.1) is 0 Å². The summed E-state index contributed by atoms with van der Waals surface area (Å²) in [5.74, 6) is 0. The largest absolute Gasteiger partial charge is 0.239 e. The maximum absolute atomic E-state index is 2.61. The normalized spacial score (nSPS) is 17.2. The summed E-state index contributed by atoms with van der Waals surface area (Å²) >= 11 is 3.97. The molecule has 2 heteroatoms. The first-order valence-electron chi connectivity index (χ1n) is 16.1. The third-order valence-electron chi connectivity index (χ3n) is 9.14. The van der Waals surface area contributed by atoms with Crippen LogP contribution < -0.4 is 0 Å². The molecule has 2 aliphatic carbocycles. The third kappa shape index (κ3) is 5.70. The Kier molecular flexibility index (Phi) is 7.93. The van der Waals surface area contributed by atoms with Gasteiger partial charge in [-0.05, 0) is 102 Å². The Morgan fingerprint density at radius 1 is 0.578 bits per heavy atom. The molecule has 218 valence electrons. The van der Waals surface area contributed by atoms with Crippen molar-refractivity contribution in [1.82, 2.24) is 0 Å². The Morgan fingerprint density at radius 3 is 1.87 bits per heavy atom. The number of allylic oxidation sites excluding steroid dienone is 6. The molecule has 0 N–H and O–H groups in total. The van der Waals surface area contributed by atoms with E-state index in [-0.39, 0.29) is 0 Å². The van der Waals surface area contributed by atoms with Gasteiger partial charge in [-0.3, -0.25) is 0 Å². The monoisotopic (exact) mass is 615 g/mol. The molecule has 0 radical (unpaired) electrons. The average Bonchev–Trinajstić information content (AvgIpc) is 3.12. The fourth-order valence-corrected chi connectivity index (χ4v) is 9.52. The van der Waals surface area contributed by atoms with Crippen molar-refractivity contribution in [3.63, 3.8) is 0 Å². The molecule has 0 fully saturated rings. The standard InChI is InChI=1S/C43H35S2/c1-5-15-30(16-6-1)38-28-40(32-19-9-3-10-20-32)44-42-34(23-13-25-36(38)42)27-35-24-14-26-37-39(31-17-7-2-8-18-31)29-41(45-43(35)37)33-21-11-4-12-22-33/h1-12,15-22,27-29H,13-14,23-26H2/q+1. The molecule has 3 aliphatic rings. The van der Waals surface area contributed by atoms with E-state index in [1.54, 1.807) is 0 Å². The van der Waals surface area contributed by atoms with Crippen molar-refractivity contribution in [3.8, 4) is 21.6 Å². The van der Waals surface area contributed by atoms with Gasteiger partial charge in [-0.2, -0.15) is 0 Å². The molecule has 1 aromatic heterocycles. The van der Waals surface area contributed by atoms with Crippen molar-refractivity contribution in [2.24, 2.45) is 0 Å². The molecule has 0 nitrogen and oxygen atoms in total. The molecule has 2 heterocycles. The van der Waals surface area contributed by atoms with Gasteiger partial charge in [0.25, 0.3) is 0 Å². The summed E-state index contributed by atoms with van der Waals surface area (Å²) in [5.41, 5.74) is 14.1. The summed E-state index contributed by atoms with van der Waals surface area (Å²) in [7, 11) is 0. The second-order valence-corrected chi connectivity index (χ2v) is 14.1. The van der Waals surface area contributed by atoms with Crippen LogP contribution in [-0.4, -0.2) is 0 Å². The fourth-order valence-electron chi connectivity index (χ4n) is 6.96. The van der Waals surface area contributed by atoms with Crippen LogP contribution in [0.25, 0.3) is 37.6 Å². The van der Waals surface area contributed by atoms with Crippen LogP contribution in [0.5, 0.6) is 0 Å². The van der Waals surface area contributed by atoms with Gasteiger partial charge < -0.3 is 0 Å². The quantitative estimate of drug-likeness (QED) is 0.177. The Hall–Kier alpha value is -4.24. The molecule has 1 aliphatic heterocycles. The number of thioether (sulfide) groups is 1. The summed E-state index contributed by atoms with van der Waals surface area (Å²) in [6, 6.07) is 46.3. The first-order chi connectivity index (χ1) is 22.3. The zero-order chi connectivity index (χ0) is 30.0. The van der Waals surface area contributed by atoms with E-state index in [1.807, 2.05) is 23.1 Å². The maximum Gasteiger partial charge on any atom is 0.239 e. The number of hydrogen-bond donors (Lipinski definition) is 0. The Bertz CT molecular complexity index is 1980. The highest BCUT2D eigenvalue weighted by atomic mass is 32.2. The van der Waals surface area contributed by atoms with Gasteiger partial charge in [-0.25, -0.2) is 0 Å². The van der Waals surface area contributed by atoms with Crippen LogP contribution in [0.3, 0.4) is 0 Å². The second-order valence-electron chi connectivity index (χ2n) is 12.0. The van der Waals surface area contributed by atoms with Crippen LogP contribution >= 0.6 is 23.1 Å². The lowest BCUT2D eigenvalue weighted by Crippen LogP contribution is -2.08. The fraction of sp³-hybridized carbons (Fsp3) is 0.140. The first kappa shape index (κ1) is 28.2. The Morgan fingerprint density at radius 2 is 1.18 bits per heavy atom. The van der Waals surface area contributed by atoms with Crippen LogP contribution in [0.4, 0.5) is 0 Å². The van der Waals surface area contributed by atoms with Gasteiger partial charge in [0, 0.05) is 32.6 Å². The molecule has 0 unspecified atom stereocenters. The predicted molar refractivity (Wildman–Crippen MR) is 197 cm³/mol. The molecule has 45 heavy (non-hydrogen) atoms. The predicted octanol–water partition coefficient (Wildman–Crippen LogP) is 12.8. The molecule has 5 aromatic rings. The summed E-state index contributed by atoms with van der Waals surface area (Å²) in [6.07, 6.45) is 12.0. The maximum atomic E-state index is 2.61. The van der Waals surface area contributed by atoms with E-state index in [4.69, 9.17) is 0 Å². The SMILES string of the molecule is C1=C(c2ccccc2)SC2=C(/C=C3\CCCc4c(-c5ccccc5)cc(-c5ccccc5)[s+]c43)CCCC2=C1c1ccccc1. The third-order valence-corrected chi connectivity index (χ3v) is 11.7. The zero-order valence-electron chi connectivity index (χ0n) is 25.3. The minimum Gasteiger partial charge on any atom is -0.0888 e. The van der Waals surface area contributed by atoms with E-state index < -0.39 is 0 Å². The van der Waals surface area contributed by atoms with Gasteiger partial charge in [-0.1, -0.05) is 121 Å². The molecule has 8 rings (SSSR count). The van der Waals surface area contributed by atoms with Crippen LogP contribution in [0.1, 0.15) is 53.7 Å². The van der Waals surface area contributed by atoms with Gasteiger partial charge in [-0.15, -0.1) is 0 Å². The van der Waals surface area contributed by atoms with Crippen molar-refractivity contribution < 1.29 is 0 Å². The highest BCUT2D eigenvalue weighted by molar-refractivity contribution is 8.12. The van der Waals surface area contributed by atoms with E-state index in [0.717, 1.165) is 25.7 Å². The average molecular weight is 616 g/mol. The van der Waals surface area contributed by atoms with E-state index in [9.17, 15) is 0 Å². The summed E-state index contributed by atoms with van der Waals surface area (Å²) in [4.78, 5) is 5.65. The molecule has 4 aromatic carbocycles. The van der Waals surface area contributed by atoms with E-state index in [2.05, 4.69) is 140 Å².